The third-order valence-corrected chi connectivity index (χ3v) is 3.05. The van der Waals surface area contributed by atoms with Crippen LogP contribution >= 0.6 is 0 Å². The molecule has 1 aliphatic rings. The van der Waals surface area contributed by atoms with Crippen LogP contribution in [0.2, 0.25) is 0 Å². The summed E-state index contributed by atoms with van der Waals surface area (Å²) in [5.41, 5.74) is 1.59. The van der Waals surface area contributed by atoms with Crippen molar-refractivity contribution in [2.75, 3.05) is 19.7 Å². The number of carboxylic acids is 1. The fourth-order valence-corrected chi connectivity index (χ4v) is 2.06. The van der Waals surface area contributed by atoms with Gasteiger partial charge in [-0.3, -0.25) is 4.90 Å². The molecule has 0 amide bonds. The topological polar surface area (TPSA) is 49.8 Å². The van der Waals surface area contributed by atoms with Crippen LogP contribution in [0, 0.1) is 12.7 Å². The third-order valence-electron chi connectivity index (χ3n) is 3.05. The van der Waals surface area contributed by atoms with E-state index in [-0.39, 0.29) is 5.82 Å². The van der Waals surface area contributed by atoms with Gasteiger partial charge in [-0.05, 0) is 24.1 Å². The van der Waals surface area contributed by atoms with Crippen molar-refractivity contribution in [1.82, 2.24) is 4.90 Å². The molecule has 2 rings (SSSR count). The van der Waals surface area contributed by atoms with E-state index in [1.165, 1.54) is 6.07 Å². The van der Waals surface area contributed by atoms with E-state index in [1.54, 1.807) is 19.1 Å². The van der Waals surface area contributed by atoms with Crippen LogP contribution in [-0.4, -0.2) is 41.8 Å². The lowest BCUT2D eigenvalue weighted by atomic mass is 10.1. The summed E-state index contributed by atoms with van der Waals surface area (Å²) in [5.74, 6) is -1.15. The van der Waals surface area contributed by atoms with Crippen LogP contribution in [0.4, 0.5) is 4.39 Å². The average molecular weight is 253 g/mol. The van der Waals surface area contributed by atoms with Gasteiger partial charge < -0.3 is 9.84 Å². The number of rotatable bonds is 3. The minimum Gasteiger partial charge on any atom is -0.479 e. The molecule has 0 bridgehead atoms. The average Bonchev–Trinajstić information content (AvgIpc) is 2.34. The number of hydrogen-bond acceptors (Lipinski definition) is 3. The van der Waals surface area contributed by atoms with Gasteiger partial charge in [0.05, 0.1) is 6.61 Å². The summed E-state index contributed by atoms with van der Waals surface area (Å²) in [4.78, 5) is 12.9. The Morgan fingerprint density at radius 1 is 1.61 bits per heavy atom. The summed E-state index contributed by atoms with van der Waals surface area (Å²) in [6.45, 7) is 3.82. The molecule has 1 aliphatic heterocycles. The molecule has 1 N–H and O–H groups in total. The molecule has 1 aromatic carbocycles. The van der Waals surface area contributed by atoms with Crippen LogP contribution in [0.1, 0.15) is 11.1 Å². The first-order valence-electron chi connectivity index (χ1n) is 5.88. The van der Waals surface area contributed by atoms with Crippen LogP contribution in [0.5, 0.6) is 0 Å². The Balaban J connectivity index is 2.00. The minimum absolute atomic E-state index is 0.218. The smallest absolute Gasteiger partial charge is 0.334 e. The van der Waals surface area contributed by atoms with Crippen LogP contribution in [0.25, 0.3) is 0 Å². The van der Waals surface area contributed by atoms with Crippen LogP contribution in [0.3, 0.4) is 0 Å². The molecule has 0 spiro atoms. The number of halogens is 1. The lowest BCUT2D eigenvalue weighted by Gasteiger charge is -2.30. The second-order valence-electron chi connectivity index (χ2n) is 4.52. The third kappa shape index (κ3) is 3.05. The highest BCUT2D eigenvalue weighted by Gasteiger charge is 2.26. The van der Waals surface area contributed by atoms with Gasteiger partial charge in [-0.1, -0.05) is 12.1 Å². The fraction of sp³-hybridized carbons (Fsp3) is 0.462. The molecular formula is C13H16FNO3. The van der Waals surface area contributed by atoms with Crippen molar-refractivity contribution in [1.29, 1.82) is 0 Å². The van der Waals surface area contributed by atoms with E-state index < -0.39 is 12.1 Å². The maximum Gasteiger partial charge on any atom is 0.334 e. The number of aliphatic carboxylic acids is 1. The van der Waals surface area contributed by atoms with Gasteiger partial charge in [-0.2, -0.15) is 0 Å². The molecular weight excluding hydrogens is 237 g/mol. The minimum atomic E-state index is -0.935. The van der Waals surface area contributed by atoms with Crippen molar-refractivity contribution in [2.45, 2.75) is 19.6 Å². The first-order chi connectivity index (χ1) is 8.56. The van der Waals surface area contributed by atoms with Crippen LogP contribution in [0.15, 0.2) is 18.2 Å². The maximum atomic E-state index is 13.1. The number of nitrogens with zero attached hydrogens (tertiary/aromatic N) is 1. The van der Waals surface area contributed by atoms with E-state index in [4.69, 9.17) is 9.84 Å². The van der Waals surface area contributed by atoms with E-state index in [0.717, 1.165) is 5.56 Å². The number of hydrogen-bond donors (Lipinski definition) is 1. The standard InChI is InChI=1S/C13H16FNO3/c1-9-6-10(2-3-11(9)14)7-15-4-5-18-12(8-15)13(16)17/h2-3,6,12H,4-5,7-8H2,1H3,(H,16,17). The monoisotopic (exact) mass is 253 g/mol. The summed E-state index contributed by atoms with van der Waals surface area (Å²) >= 11 is 0. The first kappa shape index (κ1) is 13.0. The Kier molecular flexibility index (Phi) is 3.93. The summed E-state index contributed by atoms with van der Waals surface area (Å²) in [6.07, 6.45) is -0.764. The van der Waals surface area contributed by atoms with Gasteiger partial charge in [-0.15, -0.1) is 0 Å². The van der Waals surface area contributed by atoms with Gasteiger partial charge in [0.1, 0.15) is 5.82 Å². The fourth-order valence-electron chi connectivity index (χ4n) is 2.06. The lowest BCUT2D eigenvalue weighted by Crippen LogP contribution is -2.45. The van der Waals surface area contributed by atoms with Crippen LogP contribution in [-0.2, 0) is 16.1 Å². The van der Waals surface area contributed by atoms with Crippen molar-refractivity contribution in [3.63, 3.8) is 0 Å². The number of morpholine rings is 1. The molecule has 1 saturated heterocycles. The predicted molar refractivity (Wildman–Crippen MR) is 63.8 cm³/mol. The van der Waals surface area contributed by atoms with Crippen molar-refractivity contribution >= 4 is 5.97 Å². The molecule has 1 heterocycles. The van der Waals surface area contributed by atoms with Crippen molar-refractivity contribution in [2.24, 2.45) is 0 Å². The Bertz CT molecular complexity index is 450. The van der Waals surface area contributed by atoms with Crippen molar-refractivity contribution in [3.8, 4) is 0 Å². The second kappa shape index (κ2) is 5.46. The number of carbonyl (C=O) groups is 1. The SMILES string of the molecule is Cc1cc(CN2CCOC(C(=O)O)C2)ccc1F. The molecule has 0 aliphatic carbocycles. The van der Waals surface area contributed by atoms with Gasteiger partial charge in [0.2, 0.25) is 0 Å². The van der Waals surface area contributed by atoms with Crippen molar-refractivity contribution in [3.05, 3.63) is 35.1 Å². The molecule has 1 atom stereocenters. The molecule has 18 heavy (non-hydrogen) atoms. The van der Waals surface area contributed by atoms with Crippen molar-refractivity contribution < 1.29 is 19.0 Å². The van der Waals surface area contributed by atoms with Gasteiger partial charge in [-0.25, -0.2) is 9.18 Å². The van der Waals surface area contributed by atoms with E-state index in [1.807, 2.05) is 4.90 Å². The highest BCUT2D eigenvalue weighted by Crippen LogP contribution is 2.14. The van der Waals surface area contributed by atoms with E-state index in [0.29, 0.717) is 31.8 Å². The number of benzene rings is 1. The van der Waals surface area contributed by atoms with Gasteiger partial charge in [0, 0.05) is 19.6 Å². The Morgan fingerprint density at radius 2 is 2.39 bits per heavy atom. The summed E-state index contributed by atoms with van der Waals surface area (Å²) in [7, 11) is 0. The largest absolute Gasteiger partial charge is 0.479 e. The number of carboxylic acid groups (broad SMARTS) is 1. The normalized spacial score (nSPS) is 20.9. The molecule has 0 radical (unpaired) electrons. The Hall–Kier alpha value is -1.46. The zero-order valence-electron chi connectivity index (χ0n) is 10.2. The summed E-state index contributed by atoms with van der Waals surface area (Å²) in [5, 5.41) is 8.90. The molecule has 1 aromatic rings. The number of ether oxygens (including phenoxy) is 1. The zero-order valence-corrected chi connectivity index (χ0v) is 10.2. The van der Waals surface area contributed by atoms with Gasteiger partial charge in [0.25, 0.3) is 0 Å². The number of aryl methyl sites for hydroxylation is 1. The summed E-state index contributed by atoms with van der Waals surface area (Å²) in [6, 6.07) is 4.97. The molecule has 0 aromatic heterocycles. The van der Waals surface area contributed by atoms with E-state index in [9.17, 15) is 9.18 Å². The summed E-state index contributed by atoms with van der Waals surface area (Å²) < 4.78 is 18.3. The molecule has 4 nitrogen and oxygen atoms in total. The molecule has 1 unspecified atom stereocenters. The molecule has 0 saturated carbocycles. The maximum absolute atomic E-state index is 13.1. The zero-order chi connectivity index (χ0) is 13.1. The van der Waals surface area contributed by atoms with E-state index in [2.05, 4.69) is 0 Å². The molecule has 5 heteroatoms. The van der Waals surface area contributed by atoms with Crippen LogP contribution < -0.4 is 0 Å². The highest BCUT2D eigenvalue weighted by molar-refractivity contribution is 5.72. The second-order valence-corrected chi connectivity index (χ2v) is 4.52. The van der Waals surface area contributed by atoms with Gasteiger partial charge >= 0.3 is 5.97 Å². The first-order valence-corrected chi connectivity index (χ1v) is 5.88. The van der Waals surface area contributed by atoms with Gasteiger partial charge in [0.15, 0.2) is 6.10 Å². The highest BCUT2D eigenvalue weighted by atomic mass is 19.1. The quantitative estimate of drug-likeness (QED) is 0.885. The van der Waals surface area contributed by atoms with E-state index >= 15 is 0 Å². The lowest BCUT2D eigenvalue weighted by molar-refractivity contribution is -0.156. The molecule has 98 valence electrons. The molecule has 1 fully saturated rings. The predicted octanol–water partition coefficient (Wildman–Crippen LogP) is 1.42. The Morgan fingerprint density at radius 3 is 3.06 bits per heavy atom. The Labute approximate surface area is 105 Å².